The molecule has 4 heteroatoms. The largest absolute Gasteiger partial charge is 0.508 e. The van der Waals surface area contributed by atoms with Crippen LogP contribution in [0.4, 0.5) is 0 Å². The third-order valence-corrected chi connectivity index (χ3v) is 4.37. The van der Waals surface area contributed by atoms with E-state index in [0.717, 1.165) is 29.1 Å². The summed E-state index contributed by atoms with van der Waals surface area (Å²) >= 11 is 6.13. The molecule has 0 radical (unpaired) electrons. The van der Waals surface area contributed by atoms with Gasteiger partial charge in [-0.25, -0.2) is 0 Å². The summed E-state index contributed by atoms with van der Waals surface area (Å²) in [5.74, 6) is 0.290. The van der Waals surface area contributed by atoms with Crippen LogP contribution in [0.2, 0.25) is 5.02 Å². The van der Waals surface area contributed by atoms with Crippen LogP contribution in [-0.4, -0.2) is 16.6 Å². The van der Waals surface area contributed by atoms with E-state index >= 15 is 0 Å². The molecule has 0 saturated carbocycles. The van der Waals surface area contributed by atoms with Crippen LogP contribution in [0.15, 0.2) is 42.5 Å². The number of nitrogens with one attached hydrogen (secondary N) is 2. The molecule has 3 N–H and O–H groups in total. The molecule has 1 unspecified atom stereocenters. The van der Waals surface area contributed by atoms with Crippen LogP contribution < -0.4 is 5.32 Å². The molecule has 1 aliphatic rings. The molecule has 1 atom stereocenters. The maximum atomic E-state index is 9.45. The van der Waals surface area contributed by atoms with Gasteiger partial charge in [0.15, 0.2) is 0 Å². The van der Waals surface area contributed by atoms with Gasteiger partial charge in [0.05, 0.1) is 6.04 Å². The van der Waals surface area contributed by atoms with E-state index in [-0.39, 0.29) is 6.04 Å². The zero-order chi connectivity index (χ0) is 14.4. The first-order valence-electron chi connectivity index (χ1n) is 7.05. The summed E-state index contributed by atoms with van der Waals surface area (Å²) in [6.45, 7) is 0.929. The Balaban J connectivity index is 1.88. The molecule has 1 aromatic heterocycles. The third-order valence-electron chi connectivity index (χ3n) is 4.14. The molecule has 1 aliphatic heterocycles. The standard InChI is InChI=1S/C17H15ClN2O/c18-11-3-6-15-14(9-11)13-7-8-19-16(17(13)20-15)10-1-4-12(21)5-2-10/h1-6,9,16,19-21H,7-8H2. The SMILES string of the molecule is Oc1ccc(C2NCCc3c2[nH]c2ccc(Cl)cc32)cc1. The molecule has 106 valence electrons. The molecule has 4 rings (SSSR count). The number of hydrogen-bond acceptors (Lipinski definition) is 2. The molecule has 3 aromatic rings. The van der Waals surface area contributed by atoms with Gasteiger partial charge in [-0.05, 0) is 47.9 Å². The fourth-order valence-electron chi connectivity index (χ4n) is 3.15. The Kier molecular flexibility index (Phi) is 2.91. The number of H-pyrrole nitrogens is 1. The van der Waals surface area contributed by atoms with Gasteiger partial charge in [-0.2, -0.15) is 0 Å². The van der Waals surface area contributed by atoms with E-state index in [1.54, 1.807) is 12.1 Å². The average Bonchev–Trinajstić information content (AvgIpc) is 2.86. The van der Waals surface area contributed by atoms with Gasteiger partial charge in [0.2, 0.25) is 0 Å². The molecule has 3 nitrogen and oxygen atoms in total. The third kappa shape index (κ3) is 2.09. The van der Waals surface area contributed by atoms with Crippen molar-refractivity contribution in [1.29, 1.82) is 0 Å². The van der Waals surface area contributed by atoms with Crippen molar-refractivity contribution in [3.8, 4) is 5.75 Å². The summed E-state index contributed by atoms with van der Waals surface area (Å²) in [6.07, 6.45) is 0.990. The average molecular weight is 299 g/mol. The number of fused-ring (bicyclic) bond motifs is 3. The van der Waals surface area contributed by atoms with Crippen molar-refractivity contribution in [3.05, 3.63) is 64.3 Å². The van der Waals surface area contributed by atoms with Gasteiger partial charge in [0.1, 0.15) is 5.75 Å². The maximum Gasteiger partial charge on any atom is 0.115 e. The Hall–Kier alpha value is -1.97. The minimum absolute atomic E-state index is 0.125. The number of aromatic amines is 1. The minimum atomic E-state index is 0.125. The molecule has 0 spiro atoms. The Labute approximate surface area is 127 Å². The molecule has 0 saturated heterocycles. The lowest BCUT2D eigenvalue weighted by Gasteiger charge is -2.24. The van der Waals surface area contributed by atoms with Gasteiger partial charge >= 0.3 is 0 Å². The number of phenolic OH excluding ortho intramolecular Hbond substituents is 1. The molecular weight excluding hydrogens is 284 g/mol. The van der Waals surface area contributed by atoms with Crippen molar-refractivity contribution in [1.82, 2.24) is 10.3 Å². The monoisotopic (exact) mass is 298 g/mol. The fourth-order valence-corrected chi connectivity index (χ4v) is 3.32. The summed E-state index contributed by atoms with van der Waals surface area (Å²) in [6, 6.07) is 13.5. The van der Waals surface area contributed by atoms with Crippen LogP contribution in [-0.2, 0) is 6.42 Å². The minimum Gasteiger partial charge on any atom is -0.508 e. The van der Waals surface area contributed by atoms with Crippen LogP contribution in [0.3, 0.4) is 0 Å². The van der Waals surface area contributed by atoms with E-state index in [1.165, 1.54) is 16.6 Å². The molecule has 0 aliphatic carbocycles. The second-order valence-electron chi connectivity index (χ2n) is 5.44. The highest BCUT2D eigenvalue weighted by Gasteiger charge is 2.25. The van der Waals surface area contributed by atoms with Crippen LogP contribution in [0.5, 0.6) is 5.75 Å². The smallest absolute Gasteiger partial charge is 0.115 e. The predicted molar refractivity (Wildman–Crippen MR) is 85.0 cm³/mol. The van der Waals surface area contributed by atoms with Gasteiger partial charge < -0.3 is 15.4 Å². The fraction of sp³-hybridized carbons (Fsp3) is 0.176. The van der Waals surface area contributed by atoms with Crippen LogP contribution >= 0.6 is 11.6 Å². The quantitative estimate of drug-likeness (QED) is 0.640. The van der Waals surface area contributed by atoms with Gasteiger partial charge in [-0.15, -0.1) is 0 Å². The molecule has 0 fully saturated rings. The van der Waals surface area contributed by atoms with E-state index in [2.05, 4.69) is 10.3 Å². The summed E-state index contributed by atoms with van der Waals surface area (Å²) in [7, 11) is 0. The Bertz CT molecular complexity index is 808. The first-order chi connectivity index (χ1) is 10.2. The zero-order valence-corrected chi connectivity index (χ0v) is 12.1. The highest BCUT2D eigenvalue weighted by molar-refractivity contribution is 6.31. The Morgan fingerprint density at radius 3 is 2.71 bits per heavy atom. The second-order valence-corrected chi connectivity index (χ2v) is 5.87. The van der Waals surface area contributed by atoms with Crippen molar-refractivity contribution in [2.75, 3.05) is 6.54 Å². The number of aromatic nitrogens is 1. The lowest BCUT2D eigenvalue weighted by molar-refractivity contribution is 0.474. The van der Waals surface area contributed by atoms with Crippen molar-refractivity contribution in [2.24, 2.45) is 0 Å². The van der Waals surface area contributed by atoms with E-state index in [1.807, 2.05) is 30.3 Å². The summed E-state index contributed by atoms with van der Waals surface area (Å²) in [4.78, 5) is 3.52. The van der Waals surface area contributed by atoms with Crippen molar-refractivity contribution in [2.45, 2.75) is 12.5 Å². The van der Waals surface area contributed by atoms with Crippen LogP contribution in [0.25, 0.3) is 10.9 Å². The Morgan fingerprint density at radius 2 is 1.90 bits per heavy atom. The molecule has 21 heavy (non-hydrogen) atoms. The second kappa shape index (κ2) is 4.79. The first kappa shape index (κ1) is 12.7. The van der Waals surface area contributed by atoms with Gasteiger partial charge in [0, 0.05) is 28.2 Å². The summed E-state index contributed by atoms with van der Waals surface area (Å²) in [5, 5.41) is 15.0. The topological polar surface area (TPSA) is 48.0 Å². The number of hydrogen-bond donors (Lipinski definition) is 3. The number of aromatic hydroxyl groups is 1. The van der Waals surface area contributed by atoms with Crippen molar-refractivity contribution >= 4 is 22.5 Å². The van der Waals surface area contributed by atoms with E-state index in [0.29, 0.717) is 5.75 Å². The number of halogens is 1. The van der Waals surface area contributed by atoms with Gasteiger partial charge in [-0.1, -0.05) is 23.7 Å². The predicted octanol–water partition coefficient (Wildman–Crippen LogP) is 3.76. The lowest BCUT2D eigenvalue weighted by atomic mass is 9.94. The lowest BCUT2D eigenvalue weighted by Crippen LogP contribution is -2.30. The van der Waals surface area contributed by atoms with E-state index < -0.39 is 0 Å². The zero-order valence-electron chi connectivity index (χ0n) is 11.4. The maximum absolute atomic E-state index is 9.45. The van der Waals surface area contributed by atoms with E-state index in [9.17, 15) is 5.11 Å². The highest BCUT2D eigenvalue weighted by atomic mass is 35.5. The van der Waals surface area contributed by atoms with Gasteiger partial charge in [-0.3, -0.25) is 0 Å². The van der Waals surface area contributed by atoms with Crippen molar-refractivity contribution in [3.63, 3.8) is 0 Å². The molecule has 0 amide bonds. The molecule has 2 aromatic carbocycles. The normalized spacial score (nSPS) is 17.9. The summed E-state index contributed by atoms with van der Waals surface area (Å²) in [5.41, 5.74) is 4.80. The first-order valence-corrected chi connectivity index (χ1v) is 7.42. The van der Waals surface area contributed by atoms with Crippen LogP contribution in [0.1, 0.15) is 22.9 Å². The number of benzene rings is 2. The van der Waals surface area contributed by atoms with Crippen LogP contribution in [0, 0.1) is 0 Å². The highest BCUT2D eigenvalue weighted by Crippen LogP contribution is 2.34. The molecule has 2 heterocycles. The van der Waals surface area contributed by atoms with Gasteiger partial charge in [0.25, 0.3) is 0 Å². The van der Waals surface area contributed by atoms with E-state index in [4.69, 9.17) is 11.6 Å². The molecular formula is C17H15ClN2O. The molecule has 0 bridgehead atoms. The number of rotatable bonds is 1. The Morgan fingerprint density at radius 1 is 1.10 bits per heavy atom. The van der Waals surface area contributed by atoms with Crippen molar-refractivity contribution < 1.29 is 5.11 Å². The summed E-state index contributed by atoms with van der Waals surface area (Å²) < 4.78 is 0. The number of phenols is 1.